The first-order chi connectivity index (χ1) is 55.4. The van der Waals surface area contributed by atoms with Crippen molar-refractivity contribution in [2.75, 3.05) is 14.7 Å². The highest BCUT2D eigenvalue weighted by molar-refractivity contribution is 9.11. The van der Waals surface area contributed by atoms with Gasteiger partial charge in [0.05, 0.1) is 29.3 Å². The predicted octanol–water partition coefficient (Wildman–Crippen LogP) is 33.3. The van der Waals surface area contributed by atoms with Crippen LogP contribution in [0.1, 0.15) is 125 Å². The summed E-state index contributed by atoms with van der Waals surface area (Å²) in [6.45, 7) is 8.90. The zero-order chi connectivity index (χ0) is 77.7. The third-order valence-corrected chi connectivity index (χ3v) is 28.4. The molecule has 15 aromatic rings. The highest BCUT2D eigenvalue weighted by Gasteiger charge is 2.48. The Balaban J connectivity index is 0.000000115. The molecule has 3 fully saturated rings. The summed E-state index contributed by atoms with van der Waals surface area (Å²) < 4.78 is 18.9. The van der Waals surface area contributed by atoms with E-state index in [4.69, 9.17) is 9.47 Å². The lowest BCUT2D eigenvalue weighted by atomic mass is 9.67. The van der Waals surface area contributed by atoms with Crippen LogP contribution in [0, 0.1) is 11.8 Å². The molecule has 7 aliphatic rings. The van der Waals surface area contributed by atoms with Crippen molar-refractivity contribution in [2.45, 2.75) is 108 Å². The molecule has 1 saturated heterocycles. The van der Waals surface area contributed by atoms with Crippen LogP contribution in [0.25, 0.3) is 65.7 Å². The Bertz CT molecular complexity index is 6020. The van der Waals surface area contributed by atoms with E-state index in [9.17, 15) is 0 Å². The molecule has 0 amide bonds. The van der Waals surface area contributed by atoms with E-state index in [0.717, 1.165) is 115 Å². The van der Waals surface area contributed by atoms with Crippen LogP contribution in [-0.4, -0.2) is 5.60 Å². The number of rotatable bonds is 12. The molecule has 114 heavy (non-hydrogen) atoms. The number of fused-ring (bicyclic) bond motifs is 9. The molecule has 0 aromatic heterocycles. The SMILES string of the molecule is Brc1ccc(N(c2ccc(Br)cc2)c2cc(-c3ccc4c(c3)C3CC5CC(CC4C5)C3)cc3ccccc23)cc1.Brc1ccc(N(c2ccc(Br)cc2)c2cc(-c3ccc4c(c3)C3CCC4O3)cc3ccccc23)cc1.CC1(C)Oc2ccc(-c3cc(N(c4ccc(Br)cc4)c4ccc(Br)cc4)c4ccccc4c3)cc2C1(C)C. The third-order valence-electron chi connectivity index (χ3n) is 25.2. The van der Waals surface area contributed by atoms with Crippen molar-refractivity contribution in [3.63, 3.8) is 0 Å². The van der Waals surface area contributed by atoms with Crippen molar-refractivity contribution >= 4 is 179 Å². The molecule has 6 bridgehead atoms. The smallest absolute Gasteiger partial charge is 0.124 e. The molecule has 5 nitrogen and oxygen atoms in total. The number of anilines is 9. The molecule has 4 atom stereocenters. The molecule has 4 aliphatic carbocycles. The molecule has 2 saturated carbocycles. The van der Waals surface area contributed by atoms with Crippen LogP contribution in [-0.2, 0) is 10.2 Å². The maximum absolute atomic E-state index is 6.35. The molecule has 0 radical (unpaired) electrons. The minimum absolute atomic E-state index is 0.0983. The average Bonchev–Trinajstić information content (AvgIpc) is 1.56. The number of nitrogens with zero attached hydrogens (tertiary/aromatic N) is 3. The number of ether oxygens (including phenoxy) is 2. The molecule has 0 N–H and O–H groups in total. The van der Waals surface area contributed by atoms with Crippen LogP contribution < -0.4 is 19.4 Å². The van der Waals surface area contributed by atoms with Crippen LogP contribution in [0.3, 0.4) is 0 Å². The Hall–Kier alpha value is -8.88. The highest BCUT2D eigenvalue weighted by Crippen LogP contribution is 2.58. The standard InChI is InChI=1S/C37H31Br2N.C34H29Br2NO.C32H23Br2NO/c38-30-6-10-32(11-7-30)40(33-12-8-31(39)9-13-33)37-22-27(20-26-3-1-2-4-35(26)37)25-5-14-34-28-16-23-15-24(17-28)19-29(18-23)36(34)21-25;1-33(2)30-20-22(9-18-32(30)38-34(33,3)4)24-19-23-7-5-6-8-29(23)31(21-24)37(27-14-10-25(35)11-15-27)28-16-12-26(36)13-17-28;33-23-6-10-25(11-7-23)35(26-12-8-24(34)9-13-26)30-19-22(17-21-3-1-2-4-27(21)30)20-5-14-28-29(18-20)32-16-15-31(28)36-32/h1-14,20-24,28-29H,15-19H2;5-21H,1-4H3;1-14,17-19,31-32H,15-16H2. The lowest BCUT2D eigenvalue weighted by Gasteiger charge is -2.38. The first-order valence-corrected chi connectivity index (χ1v) is 44.4. The van der Waals surface area contributed by atoms with Crippen LogP contribution in [0.15, 0.2) is 336 Å². The second-order valence-electron chi connectivity index (χ2n) is 32.6. The van der Waals surface area contributed by atoms with Gasteiger partial charge in [-0.05, 0) is 354 Å². The van der Waals surface area contributed by atoms with Crippen LogP contribution in [0.2, 0.25) is 0 Å². The van der Waals surface area contributed by atoms with Crippen molar-refractivity contribution < 1.29 is 9.47 Å². The largest absolute Gasteiger partial charge is 0.487 e. The normalized spacial score (nSPS) is 18.7. The summed E-state index contributed by atoms with van der Waals surface area (Å²) >= 11 is 21.7. The van der Waals surface area contributed by atoms with E-state index in [1.807, 2.05) is 0 Å². The van der Waals surface area contributed by atoms with Gasteiger partial charge in [-0.1, -0.05) is 219 Å². The number of hydrogen-bond donors (Lipinski definition) is 0. The molecular weight excluding hydrogens is 1790 g/mol. The van der Waals surface area contributed by atoms with Crippen molar-refractivity contribution in [3.05, 3.63) is 364 Å². The van der Waals surface area contributed by atoms with E-state index >= 15 is 0 Å². The lowest BCUT2D eigenvalue weighted by molar-refractivity contribution is 0.0712. The van der Waals surface area contributed by atoms with Gasteiger partial charge < -0.3 is 24.2 Å². The van der Waals surface area contributed by atoms with Gasteiger partial charge in [-0.2, -0.15) is 0 Å². The number of hydrogen-bond acceptors (Lipinski definition) is 5. The molecule has 4 unspecified atom stereocenters. The van der Waals surface area contributed by atoms with Gasteiger partial charge in [-0.25, -0.2) is 0 Å². The zero-order valence-corrected chi connectivity index (χ0v) is 73.3. The monoisotopic (exact) mass is 1870 g/mol. The minimum Gasteiger partial charge on any atom is -0.487 e. The molecular formula is C103H83Br6N3O2. The predicted molar refractivity (Wildman–Crippen MR) is 497 cm³/mol. The Labute approximate surface area is 719 Å². The maximum Gasteiger partial charge on any atom is 0.124 e. The fourth-order valence-electron chi connectivity index (χ4n) is 19.0. The molecule has 564 valence electrons. The second kappa shape index (κ2) is 31.0. The van der Waals surface area contributed by atoms with Gasteiger partial charge in [-0.3, -0.25) is 0 Å². The summed E-state index contributed by atoms with van der Waals surface area (Å²) in [6.07, 6.45) is 9.91. The Kier molecular flexibility index (Phi) is 20.4. The Morgan fingerprint density at radius 2 is 0.605 bits per heavy atom. The van der Waals surface area contributed by atoms with Crippen LogP contribution in [0.4, 0.5) is 51.2 Å². The molecule has 3 heterocycles. The number of halogens is 6. The summed E-state index contributed by atoms with van der Waals surface area (Å²) in [5.41, 5.74) is 24.6. The summed E-state index contributed by atoms with van der Waals surface area (Å²) in [5, 5.41) is 7.37. The lowest BCUT2D eigenvalue weighted by Crippen LogP contribution is -2.41. The van der Waals surface area contributed by atoms with E-state index in [1.54, 1.807) is 11.1 Å². The van der Waals surface area contributed by atoms with Gasteiger partial charge in [0, 0.05) is 88.1 Å². The molecule has 15 aromatic carbocycles. The quantitative estimate of drug-likeness (QED) is 0.122. The van der Waals surface area contributed by atoms with E-state index in [1.165, 1.54) is 120 Å². The van der Waals surface area contributed by atoms with Gasteiger partial charge in [0.15, 0.2) is 0 Å². The second-order valence-corrected chi connectivity index (χ2v) is 38.1. The fourth-order valence-corrected chi connectivity index (χ4v) is 20.6. The van der Waals surface area contributed by atoms with Gasteiger partial charge in [0.1, 0.15) is 11.4 Å². The topological polar surface area (TPSA) is 28.2 Å². The zero-order valence-electron chi connectivity index (χ0n) is 63.8. The van der Waals surface area contributed by atoms with E-state index in [0.29, 0.717) is 0 Å². The number of benzene rings is 15. The molecule has 22 rings (SSSR count). The maximum atomic E-state index is 6.35. The van der Waals surface area contributed by atoms with Crippen LogP contribution in [0.5, 0.6) is 5.75 Å². The van der Waals surface area contributed by atoms with Crippen molar-refractivity contribution in [2.24, 2.45) is 11.8 Å². The molecule has 0 spiro atoms. The summed E-state index contributed by atoms with van der Waals surface area (Å²) in [4.78, 5) is 7.09. The highest BCUT2D eigenvalue weighted by atomic mass is 79.9. The fraction of sp³-hybridized carbons (Fsp3) is 0.184. The Morgan fingerprint density at radius 1 is 0.289 bits per heavy atom. The van der Waals surface area contributed by atoms with E-state index in [2.05, 4.69) is 447 Å². The van der Waals surface area contributed by atoms with Gasteiger partial charge in [-0.15, -0.1) is 0 Å². The van der Waals surface area contributed by atoms with Crippen molar-refractivity contribution in [1.29, 1.82) is 0 Å². The first kappa shape index (κ1) is 75.2. The summed E-state index contributed by atoms with van der Waals surface area (Å²) in [5.74, 6) is 4.38. The van der Waals surface area contributed by atoms with Crippen LogP contribution >= 0.6 is 95.6 Å². The third kappa shape index (κ3) is 14.5. The first-order valence-electron chi connectivity index (χ1n) is 39.7. The van der Waals surface area contributed by atoms with Gasteiger partial charge in [0.2, 0.25) is 0 Å². The summed E-state index contributed by atoms with van der Waals surface area (Å²) in [7, 11) is 0. The van der Waals surface area contributed by atoms with E-state index in [-0.39, 0.29) is 23.2 Å². The minimum atomic E-state index is -0.261. The molecule has 3 aliphatic heterocycles. The Morgan fingerprint density at radius 3 is 0.982 bits per heavy atom. The van der Waals surface area contributed by atoms with Gasteiger partial charge >= 0.3 is 0 Å². The van der Waals surface area contributed by atoms with E-state index < -0.39 is 0 Å². The summed E-state index contributed by atoms with van der Waals surface area (Å²) in [6, 6.07) is 113. The van der Waals surface area contributed by atoms with Crippen molar-refractivity contribution in [1.82, 2.24) is 0 Å². The molecule has 11 heteroatoms. The van der Waals surface area contributed by atoms with Crippen molar-refractivity contribution in [3.8, 4) is 39.1 Å². The van der Waals surface area contributed by atoms with Gasteiger partial charge in [0.25, 0.3) is 0 Å². The average molecular weight is 1870 g/mol.